The summed E-state index contributed by atoms with van der Waals surface area (Å²) in [5, 5.41) is 11.8. The number of amides is 1. The van der Waals surface area contributed by atoms with Gasteiger partial charge in [-0.25, -0.2) is 9.37 Å². The number of benzene rings is 1. The molecule has 1 amide bonds. The van der Waals surface area contributed by atoms with Crippen LogP contribution < -0.4 is 10.2 Å². The van der Waals surface area contributed by atoms with Crippen molar-refractivity contribution in [3.8, 4) is 6.07 Å². The third kappa shape index (κ3) is 7.88. The Kier molecular flexibility index (Phi) is 11.2. The van der Waals surface area contributed by atoms with Crippen molar-refractivity contribution in [2.24, 2.45) is 0 Å². The highest BCUT2D eigenvalue weighted by atomic mass is 32.2. The second-order valence-electron chi connectivity index (χ2n) is 6.12. The molecule has 1 aromatic heterocycles. The third-order valence-corrected chi connectivity index (χ3v) is 5.34. The molecule has 5 nitrogen and oxygen atoms in total. The van der Waals surface area contributed by atoms with Crippen LogP contribution in [0, 0.1) is 17.1 Å². The monoisotopic (exact) mass is 428 g/mol. The molecular weight excluding hydrogens is 399 g/mol. The lowest BCUT2D eigenvalue weighted by molar-refractivity contribution is -0.117. The van der Waals surface area contributed by atoms with Gasteiger partial charge < -0.3 is 10.2 Å². The molecule has 0 spiro atoms. The van der Waals surface area contributed by atoms with Crippen LogP contribution in [0.25, 0.3) is 0 Å². The van der Waals surface area contributed by atoms with Gasteiger partial charge in [0.15, 0.2) is 0 Å². The number of nitrogens with one attached hydrogen (secondary N) is 1. The molecule has 2 aromatic rings. The first-order chi connectivity index (χ1) is 14.4. The van der Waals surface area contributed by atoms with Gasteiger partial charge in [0, 0.05) is 29.9 Å². The number of hydrogen-bond donors (Lipinski definition) is 1. The molecule has 1 unspecified atom stereocenters. The Balaban J connectivity index is 0.00000218. The summed E-state index contributed by atoms with van der Waals surface area (Å²) in [6.45, 7) is 10.5. The van der Waals surface area contributed by atoms with E-state index in [0.717, 1.165) is 11.3 Å². The van der Waals surface area contributed by atoms with Crippen LogP contribution in [0.15, 0.2) is 54.5 Å². The molecule has 30 heavy (non-hydrogen) atoms. The largest absolute Gasteiger partial charge is 0.330 e. The lowest BCUT2D eigenvalue weighted by Gasteiger charge is -2.22. The molecule has 0 bridgehead atoms. The van der Waals surface area contributed by atoms with Gasteiger partial charge in [-0.05, 0) is 50.6 Å². The van der Waals surface area contributed by atoms with E-state index >= 15 is 0 Å². The van der Waals surface area contributed by atoms with Crippen LogP contribution in [0.2, 0.25) is 0 Å². The number of halogens is 1. The minimum Gasteiger partial charge on any atom is -0.330 e. The molecule has 0 aliphatic carbocycles. The van der Waals surface area contributed by atoms with Gasteiger partial charge in [-0.3, -0.25) is 4.79 Å². The van der Waals surface area contributed by atoms with Crippen LogP contribution in [-0.4, -0.2) is 23.2 Å². The van der Waals surface area contributed by atoms with Crippen molar-refractivity contribution in [1.82, 2.24) is 10.3 Å². The molecule has 0 radical (unpaired) electrons. The minimum absolute atomic E-state index is 0.0893. The summed E-state index contributed by atoms with van der Waals surface area (Å²) in [5.74, 6) is 0.631. The molecule has 0 aliphatic rings. The highest BCUT2D eigenvalue weighted by Gasteiger charge is 2.11. The fourth-order valence-electron chi connectivity index (χ4n) is 2.54. The zero-order valence-electron chi connectivity index (χ0n) is 18.1. The van der Waals surface area contributed by atoms with Crippen LogP contribution >= 0.6 is 11.8 Å². The minimum atomic E-state index is -0.267. The summed E-state index contributed by atoms with van der Waals surface area (Å²) in [7, 11) is 0. The summed E-state index contributed by atoms with van der Waals surface area (Å²) >= 11 is 1.49. The predicted octanol–water partition coefficient (Wildman–Crippen LogP) is 5.42. The van der Waals surface area contributed by atoms with Crippen LogP contribution in [0.4, 0.5) is 10.2 Å². The lowest BCUT2D eigenvalue weighted by Crippen LogP contribution is -2.26. The second kappa shape index (κ2) is 13.4. The normalized spacial score (nSPS) is 11.6. The summed E-state index contributed by atoms with van der Waals surface area (Å²) in [5.41, 5.74) is 2.32. The number of nitrogens with zero attached hydrogens (tertiary/aromatic N) is 3. The van der Waals surface area contributed by atoms with Gasteiger partial charge >= 0.3 is 0 Å². The predicted molar refractivity (Wildman–Crippen MR) is 122 cm³/mol. The quantitative estimate of drug-likeness (QED) is 0.608. The molecule has 0 aliphatic heterocycles. The van der Waals surface area contributed by atoms with Gasteiger partial charge in [0.1, 0.15) is 17.7 Å². The van der Waals surface area contributed by atoms with E-state index in [2.05, 4.69) is 10.3 Å². The maximum absolute atomic E-state index is 13.0. The van der Waals surface area contributed by atoms with Crippen molar-refractivity contribution >= 4 is 23.5 Å². The molecular formula is C23H29FN4OS. The average Bonchev–Trinajstić information content (AvgIpc) is 2.78. The standard InChI is InChI=1S/C21H23FN4OS.C2H6/c1-4-26(20-10-5-17(11-23)13-24-20)15(2)12-25-21(27)14-28-16(3)18-6-8-19(22)9-7-18;1-2/h5-10,12-13,16H,4,14H2,1-3H3,(H,25,27);1-2H3/b15-12+;. The number of anilines is 1. The second-order valence-corrected chi connectivity index (χ2v) is 7.45. The summed E-state index contributed by atoms with van der Waals surface area (Å²) < 4.78 is 13.0. The number of pyridine rings is 1. The Morgan fingerprint density at radius 3 is 2.50 bits per heavy atom. The van der Waals surface area contributed by atoms with E-state index in [-0.39, 0.29) is 17.0 Å². The van der Waals surface area contributed by atoms with Gasteiger partial charge in [-0.15, -0.1) is 11.8 Å². The van der Waals surface area contributed by atoms with Gasteiger partial charge in [0.25, 0.3) is 0 Å². The maximum Gasteiger partial charge on any atom is 0.233 e. The van der Waals surface area contributed by atoms with Crippen molar-refractivity contribution < 1.29 is 9.18 Å². The topological polar surface area (TPSA) is 69.0 Å². The van der Waals surface area contributed by atoms with Gasteiger partial charge in [-0.1, -0.05) is 26.0 Å². The molecule has 1 N–H and O–H groups in total. The Morgan fingerprint density at radius 2 is 1.97 bits per heavy atom. The Hall–Kier alpha value is -2.85. The lowest BCUT2D eigenvalue weighted by atomic mass is 10.2. The maximum atomic E-state index is 13.0. The van der Waals surface area contributed by atoms with E-state index < -0.39 is 0 Å². The molecule has 1 atom stereocenters. The molecule has 0 saturated heterocycles. The van der Waals surface area contributed by atoms with Crippen molar-refractivity contribution in [2.45, 2.75) is 39.9 Å². The molecule has 1 aromatic carbocycles. The van der Waals surface area contributed by atoms with Crippen molar-refractivity contribution in [3.05, 3.63) is 71.4 Å². The third-order valence-electron chi connectivity index (χ3n) is 4.14. The highest BCUT2D eigenvalue weighted by Crippen LogP contribution is 2.27. The Morgan fingerprint density at radius 1 is 1.30 bits per heavy atom. The number of hydrogen-bond acceptors (Lipinski definition) is 5. The van der Waals surface area contributed by atoms with Gasteiger partial charge in [-0.2, -0.15) is 5.26 Å². The Labute approximate surface area is 183 Å². The van der Waals surface area contributed by atoms with E-state index in [9.17, 15) is 9.18 Å². The van der Waals surface area contributed by atoms with Gasteiger partial charge in [0.2, 0.25) is 5.91 Å². The van der Waals surface area contributed by atoms with Crippen molar-refractivity contribution in [3.63, 3.8) is 0 Å². The summed E-state index contributed by atoms with van der Waals surface area (Å²) in [4.78, 5) is 18.4. The number of nitriles is 1. The zero-order valence-corrected chi connectivity index (χ0v) is 19.0. The van der Waals surface area contributed by atoms with Crippen molar-refractivity contribution in [1.29, 1.82) is 5.26 Å². The number of aromatic nitrogens is 1. The first-order valence-electron chi connectivity index (χ1n) is 9.91. The number of thioether (sulfide) groups is 1. The van der Waals surface area contributed by atoms with E-state index in [1.807, 2.05) is 45.6 Å². The molecule has 1 heterocycles. The summed E-state index contributed by atoms with van der Waals surface area (Å²) in [6.07, 6.45) is 3.19. The van der Waals surface area contributed by atoms with Crippen LogP contribution in [0.5, 0.6) is 0 Å². The van der Waals surface area contributed by atoms with Gasteiger partial charge in [0.05, 0.1) is 11.3 Å². The molecule has 0 saturated carbocycles. The number of allylic oxidation sites excluding steroid dienone is 1. The van der Waals surface area contributed by atoms with Crippen LogP contribution in [0.3, 0.4) is 0 Å². The Bertz CT molecular complexity index is 860. The first kappa shape index (κ1) is 25.2. The molecule has 160 valence electrons. The van der Waals surface area contributed by atoms with Crippen molar-refractivity contribution in [2.75, 3.05) is 17.2 Å². The fraction of sp³-hybridized carbons (Fsp3) is 0.348. The number of rotatable bonds is 8. The zero-order chi connectivity index (χ0) is 22.5. The smallest absolute Gasteiger partial charge is 0.233 e. The van der Waals surface area contributed by atoms with E-state index in [1.165, 1.54) is 30.1 Å². The fourth-order valence-corrected chi connectivity index (χ4v) is 3.37. The van der Waals surface area contributed by atoms with E-state index in [0.29, 0.717) is 23.7 Å². The van der Waals surface area contributed by atoms with Crippen LogP contribution in [0.1, 0.15) is 51.0 Å². The number of carbonyl (C=O) groups excluding carboxylic acids is 1. The average molecular weight is 429 g/mol. The molecule has 0 fully saturated rings. The highest BCUT2D eigenvalue weighted by molar-refractivity contribution is 8.00. The first-order valence-corrected chi connectivity index (χ1v) is 11.0. The van der Waals surface area contributed by atoms with E-state index in [1.54, 1.807) is 30.5 Å². The SMILES string of the molecule is CC.CCN(/C(C)=C/NC(=O)CSC(C)c1ccc(F)cc1)c1ccc(C#N)cn1. The summed E-state index contributed by atoms with van der Waals surface area (Å²) in [6, 6.07) is 11.9. The molecule has 2 rings (SSSR count). The molecule has 7 heteroatoms. The van der Waals surface area contributed by atoms with Crippen LogP contribution in [-0.2, 0) is 4.79 Å². The van der Waals surface area contributed by atoms with E-state index in [4.69, 9.17) is 5.26 Å². The number of carbonyl (C=O) groups is 1.